The maximum absolute atomic E-state index is 13.6. The zero-order valence-electron chi connectivity index (χ0n) is 23.7. The molecule has 2 saturated heterocycles. The fraction of sp³-hybridized carbons (Fsp3) is 0.655. The Labute approximate surface area is 237 Å². The number of aromatic nitrogens is 1. The molecule has 0 N–H and O–H groups in total. The molecule has 1 atom stereocenters. The summed E-state index contributed by atoms with van der Waals surface area (Å²) in [6.45, 7) is 16.0. The number of thiocarbonyl (C=S) groups is 1. The van der Waals surface area contributed by atoms with Crippen molar-refractivity contribution in [1.82, 2.24) is 14.4 Å². The average molecular weight is 558 g/mol. The highest BCUT2D eigenvalue weighted by Gasteiger charge is 2.34. The van der Waals surface area contributed by atoms with Gasteiger partial charge in [-0.15, -0.1) is 0 Å². The number of hydrogen-bond donors (Lipinski definition) is 0. The molecular formula is C29H43N5O2S2. The van der Waals surface area contributed by atoms with Crippen molar-refractivity contribution in [3.63, 3.8) is 0 Å². The molecule has 208 valence electrons. The van der Waals surface area contributed by atoms with E-state index in [-0.39, 0.29) is 17.0 Å². The maximum Gasteiger partial charge on any atom is 0.270 e. The maximum atomic E-state index is 13.6. The summed E-state index contributed by atoms with van der Waals surface area (Å²) in [5.41, 5.74) is 1.35. The highest BCUT2D eigenvalue weighted by molar-refractivity contribution is 8.26. The number of nitriles is 1. The van der Waals surface area contributed by atoms with E-state index in [1.807, 2.05) is 13.0 Å². The highest BCUT2D eigenvalue weighted by Crippen LogP contribution is 2.37. The number of amides is 1. The molecule has 0 spiro atoms. The first-order valence-electron chi connectivity index (χ1n) is 14.2. The summed E-state index contributed by atoms with van der Waals surface area (Å²) < 4.78 is 2.37. The fourth-order valence-corrected chi connectivity index (χ4v) is 6.51. The quantitative estimate of drug-likeness (QED) is 0.252. The summed E-state index contributed by atoms with van der Waals surface area (Å²) in [5.74, 6) is 1.18. The molecule has 0 bridgehead atoms. The van der Waals surface area contributed by atoms with E-state index in [1.165, 1.54) is 11.8 Å². The Morgan fingerprint density at radius 2 is 1.76 bits per heavy atom. The molecule has 1 aromatic rings. The molecule has 9 heteroatoms. The molecule has 7 nitrogen and oxygen atoms in total. The molecule has 0 aliphatic carbocycles. The molecular weight excluding hydrogens is 514 g/mol. The van der Waals surface area contributed by atoms with Gasteiger partial charge < -0.3 is 9.80 Å². The van der Waals surface area contributed by atoms with Crippen LogP contribution in [0.3, 0.4) is 0 Å². The van der Waals surface area contributed by atoms with Gasteiger partial charge in [-0.25, -0.2) is 0 Å². The van der Waals surface area contributed by atoms with Gasteiger partial charge in [0.15, 0.2) is 0 Å². The van der Waals surface area contributed by atoms with Gasteiger partial charge in [0.05, 0.1) is 4.91 Å². The molecule has 38 heavy (non-hydrogen) atoms. The molecule has 0 radical (unpaired) electrons. The van der Waals surface area contributed by atoms with Gasteiger partial charge in [0, 0.05) is 44.8 Å². The molecule has 3 heterocycles. The van der Waals surface area contributed by atoms with Crippen LogP contribution in [0.2, 0.25) is 0 Å². The third-order valence-corrected chi connectivity index (χ3v) is 9.21. The third-order valence-electron chi connectivity index (χ3n) is 7.83. The van der Waals surface area contributed by atoms with Gasteiger partial charge >= 0.3 is 0 Å². The summed E-state index contributed by atoms with van der Waals surface area (Å²) in [7, 11) is 0. The normalized spacial score (nSPS) is 18.5. The first-order chi connectivity index (χ1) is 18.3. The molecule has 1 aromatic heterocycles. The van der Waals surface area contributed by atoms with E-state index in [2.05, 4.69) is 43.6 Å². The first-order valence-corrected chi connectivity index (χ1v) is 15.4. The molecule has 2 aliphatic heterocycles. The van der Waals surface area contributed by atoms with E-state index in [4.69, 9.17) is 12.2 Å². The Bertz CT molecular complexity index is 1150. The second kappa shape index (κ2) is 14.3. The minimum Gasteiger partial charge on any atom is -0.355 e. The number of unbranched alkanes of at least 4 members (excludes halogenated alkanes) is 2. The standard InChI is InChI=1S/C29H43N5O2S2/c1-6-10-12-22(8-3)20-34-28(36)25(38-29(34)37)18-23-21(5)24(19-30)27(35)33(13-11-7-2)26(23)32-16-14-31(9-4)15-17-32/h18,22H,6-17,20H2,1-5H3/b25-18+. The Balaban J connectivity index is 2.09. The van der Waals surface area contributed by atoms with Crippen LogP contribution in [0.25, 0.3) is 6.08 Å². The summed E-state index contributed by atoms with van der Waals surface area (Å²) in [4.78, 5) is 34.1. The number of piperazine rings is 1. The zero-order valence-corrected chi connectivity index (χ0v) is 25.3. The first kappa shape index (κ1) is 30.4. The van der Waals surface area contributed by atoms with Crippen molar-refractivity contribution < 1.29 is 4.79 Å². The monoisotopic (exact) mass is 557 g/mol. The topological polar surface area (TPSA) is 72.6 Å². The van der Waals surface area contributed by atoms with E-state index in [0.717, 1.165) is 82.6 Å². The van der Waals surface area contributed by atoms with Crippen molar-refractivity contribution >= 4 is 46.1 Å². The van der Waals surface area contributed by atoms with Gasteiger partial charge in [0.25, 0.3) is 11.5 Å². The van der Waals surface area contributed by atoms with Gasteiger partial charge in [-0.05, 0) is 43.9 Å². The molecule has 1 amide bonds. The number of hydrogen-bond acceptors (Lipinski definition) is 7. The second-order valence-electron chi connectivity index (χ2n) is 10.3. The van der Waals surface area contributed by atoms with E-state index >= 15 is 0 Å². The van der Waals surface area contributed by atoms with Gasteiger partial charge in [-0.3, -0.25) is 19.1 Å². The molecule has 1 unspecified atom stereocenters. The van der Waals surface area contributed by atoms with Crippen LogP contribution in [0, 0.1) is 24.2 Å². The van der Waals surface area contributed by atoms with E-state index < -0.39 is 0 Å². The van der Waals surface area contributed by atoms with Crippen LogP contribution in [-0.4, -0.2) is 63.9 Å². The van der Waals surface area contributed by atoms with Crippen LogP contribution < -0.4 is 10.5 Å². The van der Waals surface area contributed by atoms with Crippen LogP contribution in [-0.2, 0) is 11.3 Å². The van der Waals surface area contributed by atoms with Crippen molar-refractivity contribution in [2.24, 2.45) is 5.92 Å². The zero-order chi connectivity index (χ0) is 27.8. The summed E-state index contributed by atoms with van der Waals surface area (Å²) in [6.07, 6.45) is 8.06. The molecule has 0 saturated carbocycles. The molecule has 2 fully saturated rings. The van der Waals surface area contributed by atoms with Gasteiger partial charge in [-0.1, -0.05) is 77.4 Å². The number of likely N-dealkylation sites (N-methyl/N-ethyl adjacent to an activating group) is 1. The van der Waals surface area contributed by atoms with Gasteiger partial charge in [0.2, 0.25) is 0 Å². The summed E-state index contributed by atoms with van der Waals surface area (Å²) in [6, 6.07) is 2.16. The number of nitrogens with zero attached hydrogens (tertiary/aromatic N) is 5. The SMILES string of the molecule is CCCCC(CC)CN1C(=O)/C(=C\c2c(C)c(C#N)c(=O)n(CCCC)c2N2CCN(CC)CC2)SC1=S. The number of carbonyl (C=O) groups is 1. The lowest BCUT2D eigenvalue weighted by Gasteiger charge is -2.37. The smallest absolute Gasteiger partial charge is 0.270 e. The van der Waals surface area contributed by atoms with E-state index in [9.17, 15) is 14.9 Å². The van der Waals surface area contributed by atoms with Crippen LogP contribution >= 0.6 is 24.0 Å². The van der Waals surface area contributed by atoms with E-state index in [0.29, 0.717) is 33.8 Å². The third kappa shape index (κ3) is 6.70. The van der Waals surface area contributed by atoms with Gasteiger partial charge in [-0.2, -0.15) is 5.26 Å². The lowest BCUT2D eigenvalue weighted by molar-refractivity contribution is -0.122. The van der Waals surface area contributed by atoms with Crippen molar-refractivity contribution in [2.75, 3.05) is 44.2 Å². The summed E-state index contributed by atoms with van der Waals surface area (Å²) >= 11 is 7.00. The largest absolute Gasteiger partial charge is 0.355 e. The van der Waals surface area contributed by atoms with Crippen molar-refractivity contribution in [3.05, 3.63) is 31.9 Å². The average Bonchev–Trinajstić information content (AvgIpc) is 3.19. The van der Waals surface area contributed by atoms with Gasteiger partial charge in [0.1, 0.15) is 21.8 Å². The Morgan fingerprint density at radius 1 is 1.08 bits per heavy atom. The number of rotatable bonds is 12. The Kier molecular flexibility index (Phi) is 11.4. The van der Waals surface area contributed by atoms with Crippen LogP contribution in [0.15, 0.2) is 9.70 Å². The lowest BCUT2D eigenvalue weighted by atomic mass is 9.99. The molecule has 0 aromatic carbocycles. The number of anilines is 1. The summed E-state index contributed by atoms with van der Waals surface area (Å²) in [5, 5.41) is 9.93. The predicted molar refractivity (Wildman–Crippen MR) is 163 cm³/mol. The van der Waals surface area contributed by atoms with E-state index in [1.54, 1.807) is 9.47 Å². The Morgan fingerprint density at radius 3 is 2.34 bits per heavy atom. The van der Waals surface area contributed by atoms with Crippen LogP contribution in [0.4, 0.5) is 5.82 Å². The Hall–Kier alpha value is -2.15. The van der Waals surface area contributed by atoms with Crippen LogP contribution in [0.1, 0.15) is 82.9 Å². The fourth-order valence-electron chi connectivity index (χ4n) is 5.25. The number of carbonyl (C=O) groups excluding carboxylic acids is 1. The minimum atomic E-state index is -0.238. The number of pyridine rings is 1. The second-order valence-corrected chi connectivity index (χ2v) is 12.0. The van der Waals surface area contributed by atoms with Crippen molar-refractivity contribution in [1.29, 1.82) is 5.26 Å². The number of thioether (sulfide) groups is 1. The molecule has 2 aliphatic rings. The minimum absolute atomic E-state index is 0.0686. The molecule has 3 rings (SSSR count). The van der Waals surface area contributed by atoms with Crippen molar-refractivity contribution in [3.8, 4) is 6.07 Å². The van der Waals surface area contributed by atoms with Crippen molar-refractivity contribution in [2.45, 2.75) is 79.7 Å². The van der Waals surface area contributed by atoms with Crippen LogP contribution in [0.5, 0.6) is 0 Å². The highest BCUT2D eigenvalue weighted by atomic mass is 32.2. The lowest BCUT2D eigenvalue weighted by Crippen LogP contribution is -2.48. The predicted octanol–water partition coefficient (Wildman–Crippen LogP) is 5.39.